The highest BCUT2D eigenvalue weighted by atomic mass is 19.1. The molecule has 1 amide bonds. The molecule has 0 aliphatic heterocycles. The molecule has 0 radical (unpaired) electrons. The van der Waals surface area contributed by atoms with Crippen LogP contribution in [0.3, 0.4) is 0 Å². The number of amides is 1. The summed E-state index contributed by atoms with van der Waals surface area (Å²) >= 11 is 0. The van der Waals surface area contributed by atoms with E-state index in [0.717, 1.165) is 17.7 Å². The Hall–Kier alpha value is -2.76. The number of benzene rings is 2. The van der Waals surface area contributed by atoms with Gasteiger partial charge in [0.15, 0.2) is 0 Å². The van der Waals surface area contributed by atoms with E-state index in [0.29, 0.717) is 5.69 Å². The van der Waals surface area contributed by atoms with Gasteiger partial charge in [-0.1, -0.05) is 12.1 Å². The molecule has 0 aromatic heterocycles. The fourth-order valence-corrected chi connectivity index (χ4v) is 1.72. The molecule has 0 fully saturated rings. The Bertz CT molecular complexity index is 686. The molecular weight excluding hydrogens is 263 g/mol. The Balaban J connectivity index is 2.26. The minimum Gasteiger partial charge on any atom is -0.322 e. The number of nitrogens with one attached hydrogen (secondary N) is 1. The van der Waals surface area contributed by atoms with Crippen LogP contribution in [0.15, 0.2) is 42.5 Å². The number of hydrogen-bond acceptors (Lipinski definition) is 3. The van der Waals surface area contributed by atoms with E-state index in [2.05, 4.69) is 5.32 Å². The van der Waals surface area contributed by atoms with E-state index in [1.165, 1.54) is 6.07 Å². The third-order valence-corrected chi connectivity index (χ3v) is 2.68. The fourth-order valence-electron chi connectivity index (χ4n) is 1.72. The van der Waals surface area contributed by atoms with Crippen LogP contribution in [0.4, 0.5) is 15.8 Å². The first-order valence-corrected chi connectivity index (χ1v) is 5.79. The van der Waals surface area contributed by atoms with Crippen LogP contribution in [-0.2, 0) is 0 Å². The number of rotatable bonds is 3. The summed E-state index contributed by atoms with van der Waals surface area (Å²) in [5, 5.41) is 13.2. The quantitative estimate of drug-likeness (QED) is 0.689. The lowest BCUT2D eigenvalue weighted by molar-refractivity contribution is -0.387. The molecule has 0 unspecified atom stereocenters. The van der Waals surface area contributed by atoms with E-state index in [4.69, 9.17) is 0 Å². The van der Waals surface area contributed by atoms with Crippen LogP contribution >= 0.6 is 0 Å². The van der Waals surface area contributed by atoms with Crippen LogP contribution < -0.4 is 5.32 Å². The van der Waals surface area contributed by atoms with Crippen molar-refractivity contribution < 1.29 is 14.1 Å². The van der Waals surface area contributed by atoms with Crippen molar-refractivity contribution in [1.29, 1.82) is 0 Å². The molecule has 6 heteroatoms. The summed E-state index contributed by atoms with van der Waals surface area (Å²) in [6.45, 7) is 1.87. The van der Waals surface area contributed by atoms with Gasteiger partial charge in [-0.25, -0.2) is 0 Å². The lowest BCUT2D eigenvalue weighted by Crippen LogP contribution is -2.12. The monoisotopic (exact) mass is 274 g/mol. The molecule has 2 aromatic carbocycles. The van der Waals surface area contributed by atoms with Crippen molar-refractivity contribution in [1.82, 2.24) is 0 Å². The standard InChI is InChI=1S/C14H11FN2O3/c1-9-3-2-4-11(7-9)16-14(18)10-5-6-12(15)13(8-10)17(19)20/h2-8H,1H3,(H,16,18). The van der Waals surface area contributed by atoms with E-state index in [1.807, 2.05) is 13.0 Å². The summed E-state index contributed by atoms with van der Waals surface area (Å²) in [5.74, 6) is -1.50. The normalized spacial score (nSPS) is 10.1. The van der Waals surface area contributed by atoms with E-state index in [1.54, 1.807) is 18.2 Å². The van der Waals surface area contributed by atoms with Gasteiger partial charge in [-0.05, 0) is 36.8 Å². The molecule has 5 nitrogen and oxygen atoms in total. The molecule has 0 saturated carbocycles. The summed E-state index contributed by atoms with van der Waals surface area (Å²) in [5.41, 5.74) is 0.844. The summed E-state index contributed by atoms with van der Waals surface area (Å²) in [4.78, 5) is 21.7. The van der Waals surface area contributed by atoms with Crippen molar-refractivity contribution >= 4 is 17.3 Å². The van der Waals surface area contributed by atoms with Crippen molar-refractivity contribution in [3.63, 3.8) is 0 Å². The van der Waals surface area contributed by atoms with Crippen molar-refractivity contribution in [2.45, 2.75) is 6.92 Å². The predicted octanol–water partition coefficient (Wildman–Crippen LogP) is 3.29. The second kappa shape index (κ2) is 5.48. The smallest absolute Gasteiger partial charge is 0.305 e. The van der Waals surface area contributed by atoms with E-state index < -0.39 is 22.3 Å². The fraction of sp³-hybridized carbons (Fsp3) is 0.0714. The number of nitro benzene ring substituents is 1. The van der Waals surface area contributed by atoms with Gasteiger partial charge in [0, 0.05) is 17.3 Å². The van der Waals surface area contributed by atoms with Crippen LogP contribution in [0.2, 0.25) is 0 Å². The minimum absolute atomic E-state index is 0.0274. The Kier molecular flexibility index (Phi) is 3.74. The Morgan fingerprint density at radius 2 is 2.00 bits per heavy atom. The molecule has 0 aliphatic carbocycles. The first-order chi connectivity index (χ1) is 9.47. The zero-order chi connectivity index (χ0) is 14.7. The predicted molar refractivity (Wildman–Crippen MR) is 72.2 cm³/mol. The van der Waals surface area contributed by atoms with Crippen LogP contribution in [0.5, 0.6) is 0 Å². The summed E-state index contributed by atoms with van der Waals surface area (Å²) in [6.07, 6.45) is 0. The molecule has 0 spiro atoms. The van der Waals surface area contributed by atoms with Crippen molar-refractivity contribution in [3.8, 4) is 0 Å². The number of carbonyl (C=O) groups is 1. The summed E-state index contributed by atoms with van der Waals surface area (Å²) in [7, 11) is 0. The van der Waals surface area contributed by atoms with E-state index in [-0.39, 0.29) is 5.56 Å². The van der Waals surface area contributed by atoms with Gasteiger partial charge in [0.2, 0.25) is 5.82 Å². The van der Waals surface area contributed by atoms with Gasteiger partial charge in [-0.3, -0.25) is 14.9 Å². The second-order valence-electron chi connectivity index (χ2n) is 4.25. The van der Waals surface area contributed by atoms with Gasteiger partial charge < -0.3 is 5.32 Å². The molecule has 0 heterocycles. The van der Waals surface area contributed by atoms with Gasteiger partial charge >= 0.3 is 5.69 Å². The molecule has 20 heavy (non-hydrogen) atoms. The zero-order valence-corrected chi connectivity index (χ0v) is 10.6. The van der Waals surface area contributed by atoms with Crippen LogP contribution in [0.25, 0.3) is 0 Å². The number of nitro groups is 1. The van der Waals surface area contributed by atoms with Gasteiger partial charge in [0.1, 0.15) is 0 Å². The Morgan fingerprint density at radius 3 is 2.65 bits per heavy atom. The minimum atomic E-state index is -0.970. The number of carbonyl (C=O) groups excluding carboxylic acids is 1. The maximum Gasteiger partial charge on any atom is 0.305 e. The first-order valence-electron chi connectivity index (χ1n) is 5.79. The third kappa shape index (κ3) is 2.97. The second-order valence-corrected chi connectivity index (χ2v) is 4.25. The van der Waals surface area contributed by atoms with Gasteiger partial charge in [-0.15, -0.1) is 0 Å². The topological polar surface area (TPSA) is 72.2 Å². The maximum atomic E-state index is 13.2. The van der Waals surface area contributed by atoms with Crippen LogP contribution in [0, 0.1) is 22.9 Å². The summed E-state index contributed by atoms with van der Waals surface area (Å²) < 4.78 is 13.2. The SMILES string of the molecule is Cc1cccc(NC(=O)c2ccc(F)c([N+](=O)[O-])c2)c1. The molecule has 2 aromatic rings. The molecule has 1 N–H and O–H groups in total. The Labute approximate surface area is 114 Å². The number of nitrogens with zero attached hydrogens (tertiary/aromatic N) is 1. The van der Waals surface area contributed by atoms with Crippen molar-refractivity contribution in [3.05, 3.63) is 69.5 Å². The lowest BCUT2D eigenvalue weighted by Gasteiger charge is -2.06. The van der Waals surface area contributed by atoms with E-state index in [9.17, 15) is 19.3 Å². The largest absolute Gasteiger partial charge is 0.322 e. The molecule has 0 bridgehead atoms. The average molecular weight is 274 g/mol. The number of halogens is 1. The van der Waals surface area contributed by atoms with Crippen LogP contribution in [-0.4, -0.2) is 10.8 Å². The molecule has 0 aliphatic rings. The highest BCUT2D eigenvalue weighted by Gasteiger charge is 2.17. The molecule has 102 valence electrons. The average Bonchev–Trinajstić information content (AvgIpc) is 2.38. The zero-order valence-electron chi connectivity index (χ0n) is 10.6. The van der Waals surface area contributed by atoms with Gasteiger partial charge in [0.25, 0.3) is 5.91 Å². The maximum absolute atomic E-state index is 13.2. The van der Waals surface area contributed by atoms with E-state index >= 15 is 0 Å². The third-order valence-electron chi connectivity index (χ3n) is 2.68. The highest BCUT2D eigenvalue weighted by molar-refractivity contribution is 6.04. The van der Waals surface area contributed by atoms with Crippen molar-refractivity contribution in [2.75, 3.05) is 5.32 Å². The van der Waals surface area contributed by atoms with Gasteiger partial charge in [0.05, 0.1) is 4.92 Å². The number of hydrogen-bond donors (Lipinski definition) is 1. The molecule has 0 atom stereocenters. The van der Waals surface area contributed by atoms with Crippen LogP contribution in [0.1, 0.15) is 15.9 Å². The molecule has 2 rings (SSSR count). The van der Waals surface area contributed by atoms with Crippen molar-refractivity contribution in [2.24, 2.45) is 0 Å². The number of anilines is 1. The number of aryl methyl sites for hydroxylation is 1. The lowest BCUT2D eigenvalue weighted by atomic mass is 10.1. The van der Waals surface area contributed by atoms with Gasteiger partial charge in [-0.2, -0.15) is 4.39 Å². The highest BCUT2D eigenvalue weighted by Crippen LogP contribution is 2.19. The molecule has 0 saturated heterocycles. The summed E-state index contributed by atoms with van der Waals surface area (Å²) in [6, 6.07) is 10.1. The first kappa shape index (κ1) is 13.7. The Morgan fingerprint density at radius 1 is 1.25 bits per heavy atom. The molecular formula is C14H11FN2O3.